The summed E-state index contributed by atoms with van der Waals surface area (Å²) in [5.41, 5.74) is 4.47. The third-order valence-corrected chi connectivity index (χ3v) is 3.78. The van der Waals surface area contributed by atoms with Crippen molar-refractivity contribution >= 4 is 5.97 Å². The summed E-state index contributed by atoms with van der Waals surface area (Å²) in [4.78, 5) is 16.5. The molecule has 0 bridgehead atoms. The average Bonchev–Trinajstić information content (AvgIpc) is 3.02. The van der Waals surface area contributed by atoms with Crippen molar-refractivity contribution in [2.24, 2.45) is 0 Å². The minimum atomic E-state index is -0.400. The fourth-order valence-electron chi connectivity index (χ4n) is 2.49. The van der Waals surface area contributed by atoms with Crippen LogP contribution in [0.5, 0.6) is 0 Å². The van der Waals surface area contributed by atoms with E-state index in [0.29, 0.717) is 11.4 Å². The lowest BCUT2D eigenvalue weighted by atomic mass is 10.1. The zero-order chi connectivity index (χ0) is 17.1. The highest BCUT2D eigenvalue weighted by atomic mass is 16.6. The van der Waals surface area contributed by atoms with Gasteiger partial charge in [0.15, 0.2) is 6.61 Å². The first-order valence-electron chi connectivity index (χ1n) is 7.67. The number of aromatic nitrogens is 2. The van der Waals surface area contributed by atoms with Gasteiger partial charge in [0.05, 0.1) is 5.56 Å². The van der Waals surface area contributed by atoms with Crippen molar-refractivity contribution in [1.82, 2.24) is 10.1 Å². The summed E-state index contributed by atoms with van der Waals surface area (Å²) in [6.45, 7) is 5.79. The molecule has 0 atom stereocenters. The molecule has 3 aromatic rings. The molecule has 0 aliphatic heterocycles. The largest absolute Gasteiger partial charge is 0.452 e. The van der Waals surface area contributed by atoms with Gasteiger partial charge in [-0.3, -0.25) is 0 Å². The summed E-state index contributed by atoms with van der Waals surface area (Å²) in [5, 5.41) is 3.95. The van der Waals surface area contributed by atoms with Crippen molar-refractivity contribution in [3.8, 4) is 11.4 Å². The predicted molar refractivity (Wildman–Crippen MR) is 89.5 cm³/mol. The highest BCUT2D eigenvalue weighted by Crippen LogP contribution is 2.20. The fourth-order valence-corrected chi connectivity index (χ4v) is 2.49. The average molecular weight is 322 g/mol. The lowest BCUT2D eigenvalue weighted by Crippen LogP contribution is -2.07. The Kier molecular flexibility index (Phi) is 4.42. The highest BCUT2D eigenvalue weighted by molar-refractivity contribution is 5.91. The second kappa shape index (κ2) is 6.66. The summed E-state index contributed by atoms with van der Waals surface area (Å²) in [7, 11) is 0. The molecule has 0 spiro atoms. The monoisotopic (exact) mass is 322 g/mol. The Morgan fingerprint density at radius 1 is 1.08 bits per heavy atom. The fraction of sp³-hybridized carbons (Fsp3) is 0.211. The van der Waals surface area contributed by atoms with Crippen molar-refractivity contribution in [2.45, 2.75) is 27.4 Å². The molecule has 0 saturated heterocycles. The van der Waals surface area contributed by atoms with Crippen LogP contribution in [-0.4, -0.2) is 16.1 Å². The number of hydrogen-bond acceptors (Lipinski definition) is 5. The molecule has 2 aromatic carbocycles. The number of aryl methyl sites for hydroxylation is 3. The van der Waals surface area contributed by atoms with Gasteiger partial charge in [-0.05, 0) is 38.0 Å². The Morgan fingerprint density at radius 3 is 2.62 bits per heavy atom. The lowest BCUT2D eigenvalue weighted by molar-refractivity contribution is 0.0429. The molecule has 0 amide bonds. The van der Waals surface area contributed by atoms with Crippen LogP contribution in [0.4, 0.5) is 0 Å². The van der Waals surface area contributed by atoms with Gasteiger partial charge >= 0.3 is 5.97 Å². The third kappa shape index (κ3) is 3.35. The van der Waals surface area contributed by atoms with Gasteiger partial charge in [-0.1, -0.05) is 47.1 Å². The first kappa shape index (κ1) is 15.9. The second-order valence-corrected chi connectivity index (χ2v) is 5.72. The third-order valence-electron chi connectivity index (χ3n) is 3.78. The van der Waals surface area contributed by atoms with E-state index in [-0.39, 0.29) is 12.5 Å². The predicted octanol–water partition coefficient (Wildman–Crippen LogP) is 4.02. The summed E-state index contributed by atoms with van der Waals surface area (Å²) < 4.78 is 10.5. The molecule has 0 saturated carbocycles. The van der Waals surface area contributed by atoms with Crippen LogP contribution in [0.1, 0.15) is 32.9 Å². The summed E-state index contributed by atoms with van der Waals surface area (Å²) in [6.07, 6.45) is 0. The Labute approximate surface area is 140 Å². The van der Waals surface area contributed by atoms with Gasteiger partial charge in [-0.25, -0.2) is 4.79 Å². The number of benzene rings is 2. The van der Waals surface area contributed by atoms with Crippen molar-refractivity contribution in [2.75, 3.05) is 0 Å². The molecule has 0 radical (unpaired) electrons. The summed E-state index contributed by atoms with van der Waals surface area (Å²) in [5.74, 6) is 0.361. The number of esters is 1. The molecule has 1 aromatic heterocycles. The van der Waals surface area contributed by atoms with Gasteiger partial charge in [0.25, 0.3) is 5.89 Å². The minimum absolute atomic E-state index is 0.0506. The van der Waals surface area contributed by atoms with Crippen molar-refractivity contribution in [3.63, 3.8) is 0 Å². The van der Waals surface area contributed by atoms with Crippen LogP contribution in [0.3, 0.4) is 0 Å². The van der Waals surface area contributed by atoms with Crippen LogP contribution >= 0.6 is 0 Å². The van der Waals surface area contributed by atoms with Gasteiger partial charge in [0, 0.05) is 5.56 Å². The van der Waals surface area contributed by atoms with Gasteiger partial charge in [0.1, 0.15) is 0 Å². The molecule has 122 valence electrons. The molecule has 0 aliphatic carbocycles. The maximum Gasteiger partial charge on any atom is 0.338 e. The van der Waals surface area contributed by atoms with E-state index in [4.69, 9.17) is 9.26 Å². The van der Waals surface area contributed by atoms with Crippen LogP contribution in [0.15, 0.2) is 47.0 Å². The van der Waals surface area contributed by atoms with Gasteiger partial charge < -0.3 is 9.26 Å². The number of nitrogens with zero attached hydrogens (tertiary/aromatic N) is 2. The van der Waals surface area contributed by atoms with Crippen molar-refractivity contribution < 1.29 is 14.1 Å². The molecule has 1 heterocycles. The standard InChI is InChI=1S/C19H18N2O3/c1-12-8-9-16(14(3)10-12)19(22)23-11-17-20-18(21-24-17)15-7-5-4-6-13(15)2/h4-10H,11H2,1-3H3. The molecule has 3 rings (SSSR count). The molecule has 24 heavy (non-hydrogen) atoms. The van der Waals surface area contributed by atoms with E-state index in [9.17, 15) is 4.79 Å². The zero-order valence-electron chi connectivity index (χ0n) is 13.9. The lowest BCUT2D eigenvalue weighted by Gasteiger charge is -2.06. The van der Waals surface area contributed by atoms with Gasteiger partial charge in [-0.2, -0.15) is 4.98 Å². The van der Waals surface area contributed by atoms with E-state index in [1.165, 1.54) is 0 Å². The number of hydrogen-bond donors (Lipinski definition) is 0. The van der Waals surface area contributed by atoms with Crippen LogP contribution in [0.25, 0.3) is 11.4 Å². The second-order valence-electron chi connectivity index (χ2n) is 5.72. The molecule has 5 heteroatoms. The van der Waals surface area contributed by atoms with E-state index in [1.807, 2.05) is 57.2 Å². The SMILES string of the molecule is Cc1ccc(C(=O)OCc2nc(-c3ccccc3C)no2)c(C)c1. The van der Waals surface area contributed by atoms with Crippen LogP contribution in [-0.2, 0) is 11.3 Å². The Bertz CT molecular complexity index is 884. The van der Waals surface area contributed by atoms with E-state index in [1.54, 1.807) is 6.07 Å². The number of rotatable bonds is 4. The van der Waals surface area contributed by atoms with E-state index in [2.05, 4.69) is 10.1 Å². The maximum atomic E-state index is 12.2. The molecule has 5 nitrogen and oxygen atoms in total. The van der Waals surface area contributed by atoms with Gasteiger partial charge in [0.2, 0.25) is 5.82 Å². The number of carbonyl (C=O) groups excluding carboxylic acids is 1. The molecule has 0 fully saturated rings. The van der Waals surface area contributed by atoms with E-state index in [0.717, 1.165) is 22.3 Å². The van der Waals surface area contributed by atoms with E-state index < -0.39 is 5.97 Å². The molecule has 0 aliphatic rings. The van der Waals surface area contributed by atoms with Crippen LogP contribution in [0.2, 0.25) is 0 Å². The Balaban J connectivity index is 1.69. The molecule has 0 unspecified atom stereocenters. The topological polar surface area (TPSA) is 65.2 Å². The van der Waals surface area contributed by atoms with Crippen molar-refractivity contribution in [1.29, 1.82) is 0 Å². The quantitative estimate of drug-likeness (QED) is 0.679. The molecule has 0 N–H and O–H groups in total. The van der Waals surface area contributed by atoms with Crippen LogP contribution in [0, 0.1) is 20.8 Å². The summed E-state index contributed by atoms with van der Waals surface area (Å²) >= 11 is 0. The summed E-state index contributed by atoms with van der Waals surface area (Å²) in [6, 6.07) is 13.4. The zero-order valence-corrected chi connectivity index (χ0v) is 13.9. The first-order valence-corrected chi connectivity index (χ1v) is 7.67. The number of ether oxygens (including phenoxy) is 1. The number of carbonyl (C=O) groups is 1. The maximum absolute atomic E-state index is 12.2. The smallest absolute Gasteiger partial charge is 0.338 e. The minimum Gasteiger partial charge on any atom is -0.452 e. The van der Waals surface area contributed by atoms with Crippen LogP contribution < -0.4 is 0 Å². The van der Waals surface area contributed by atoms with Crippen molar-refractivity contribution in [3.05, 3.63) is 70.6 Å². The Hall–Kier alpha value is -2.95. The Morgan fingerprint density at radius 2 is 1.88 bits per heavy atom. The van der Waals surface area contributed by atoms with Gasteiger partial charge in [-0.15, -0.1) is 0 Å². The normalized spacial score (nSPS) is 10.6. The molecular weight excluding hydrogens is 304 g/mol. The highest BCUT2D eigenvalue weighted by Gasteiger charge is 2.14. The van der Waals surface area contributed by atoms with E-state index >= 15 is 0 Å². The first-order chi connectivity index (χ1) is 11.5. The molecular formula is C19H18N2O3.